The lowest BCUT2D eigenvalue weighted by molar-refractivity contribution is -0.137. The zero-order chi connectivity index (χ0) is 20.1. The summed E-state index contributed by atoms with van der Waals surface area (Å²) in [5.41, 5.74) is 5.58. The van der Waals surface area contributed by atoms with Crippen LogP contribution < -0.4 is 10.2 Å². The van der Waals surface area contributed by atoms with E-state index >= 15 is 0 Å². The van der Waals surface area contributed by atoms with Crippen molar-refractivity contribution in [2.24, 2.45) is 5.10 Å². The topological polar surface area (TPSA) is 33.6 Å². The highest BCUT2D eigenvalue weighted by molar-refractivity contribution is 5.80. The number of hydrogen-bond donors (Lipinski definition) is 1. The molecular weight excluding hydrogens is 365 g/mol. The highest BCUT2D eigenvalue weighted by atomic mass is 19.4. The third-order valence-corrected chi connectivity index (χ3v) is 3.93. The van der Waals surface area contributed by atoms with Gasteiger partial charge in [-0.1, -0.05) is 6.07 Å². The molecule has 1 N–H and O–H groups in total. The molecule has 0 atom stereocenters. The minimum atomic E-state index is -4.34. The van der Waals surface area contributed by atoms with Gasteiger partial charge in [-0.05, 0) is 91.2 Å². The minimum absolute atomic E-state index is 0.471. The first kappa shape index (κ1) is 19.5. The van der Waals surface area contributed by atoms with Crippen LogP contribution in [0.4, 0.5) is 18.9 Å². The number of benzene rings is 3. The Hall–Kier alpha value is -3.28. The van der Waals surface area contributed by atoms with E-state index in [1.165, 1.54) is 12.1 Å². The monoisotopic (exact) mass is 384 g/mol. The molecule has 0 unspecified atom stereocenters. The van der Waals surface area contributed by atoms with Gasteiger partial charge in [0.25, 0.3) is 0 Å². The van der Waals surface area contributed by atoms with Gasteiger partial charge < -0.3 is 4.74 Å². The number of rotatable bonds is 5. The first-order valence-electron chi connectivity index (χ1n) is 8.62. The van der Waals surface area contributed by atoms with Crippen LogP contribution in [0.5, 0.6) is 11.5 Å². The van der Waals surface area contributed by atoms with Crippen molar-refractivity contribution in [3.8, 4) is 11.5 Å². The van der Waals surface area contributed by atoms with Crippen LogP contribution in [-0.2, 0) is 6.18 Å². The van der Waals surface area contributed by atoms with E-state index in [0.29, 0.717) is 11.4 Å². The fourth-order valence-corrected chi connectivity index (χ4v) is 2.66. The standard InChI is InChI=1S/C22H19F3N2O/c1-15-11-16(2)13-21(12-15)28-20-9-3-17(4-10-20)14-26-27-19-7-5-18(6-8-19)22(23,24)25/h3-14,27H,1-2H3. The quantitative estimate of drug-likeness (QED) is 0.399. The molecule has 3 rings (SSSR count). The van der Waals surface area contributed by atoms with Crippen LogP contribution in [0.2, 0.25) is 0 Å². The maximum Gasteiger partial charge on any atom is 0.416 e. The molecule has 0 bridgehead atoms. The van der Waals surface area contributed by atoms with E-state index in [0.717, 1.165) is 34.6 Å². The lowest BCUT2D eigenvalue weighted by Crippen LogP contribution is -2.04. The lowest BCUT2D eigenvalue weighted by Gasteiger charge is -2.08. The van der Waals surface area contributed by atoms with Crippen molar-refractivity contribution in [2.45, 2.75) is 20.0 Å². The molecule has 0 radical (unpaired) electrons. The second-order valence-electron chi connectivity index (χ2n) is 6.44. The maximum absolute atomic E-state index is 12.5. The third-order valence-electron chi connectivity index (χ3n) is 3.93. The number of nitrogens with zero attached hydrogens (tertiary/aromatic N) is 1. The lowest BCUT2D eigenvalue weighted by atomic mass is 10.1. The highest BCUT2D eigenvalue weighted by Crippen LogP contribution is 2.29. The number of alkyl halides is 3. The summed E-state index contributed by atoms with van der Waals surface area (Å²) in [6.07, 6.45) is -2.76. The van der Waals surface area contributed by atoms with Crippen LogP contribution in [0.15, 0.2) is 71.8 Å². The number of nitrogens with one attached hydrogen (secondary N) is 1. The SMILES string of the molecule is Cc1cc(C)cc(Oc2ccc(C=NNc3ccc(C(F)(F)F)cc3)cc2)c1. The summed E-state index contributed by atoms with van der Waals surface area (Å²) in [6.45, 7) is 4.03. The van der Waals surface area contributed by atoms with Gasteiger partial charge in [0, 0.05) is 0 Å². The van der Waals surface area contributed by atoms with Gasteiger partial charge in [0.15, 0.2) is 0 Å². The average molecular weight is 384 g/mol. The molecule has 0 amide bonds. The Morgan fingerprint density at radius 2 is 1.43 bits per heavy atom. The van der Waals surface area contributed by atoms with Gasteiger partial charge in [0.1, 0.15) is 11.5 Å². The summed E-state index contributed by atoms with van der Waals surface area (Å²) in [4.78, 5) is 0. The van der Waals surface area contributed by atoms with Crippen molar-refractivity contribution in [3.05, 3.63) is 89.0 Å². The molecule has 0 aliphatic rings. The largest absolute Gasteiger partial charge is 0.457 e. The minimum Gasteiger partial charge on any atom is -0.457 e. The normalized spacial score (nSPS) is 11.6. The molecule has 0 saturated carbocycles. The summed E-state index contributed by atoms with van der Waals surface area (Å²) in [5.74, 6) is 1.49. The number of halogens is 3. The second-order valence-corrected chi connectivity index (χ2v) is 6.44. The Labute approximate surface area is 161 Å². The van der Waals surface area contributed by atoms with Crippen molar-refractivity contribution in [1.82, 2.24) is 0 Å². The van der Waals surface area contributed by atoms with Crippen LogP contribution in [0.25, 0.3) is 0 Å². The molecule has 144 valence electrons. The van der Waals surface area contributed by atoms with E-state index in [1.807, 2.05) is 50.2 Å². The Balaban J connectivity index is 1.59. The predicted octanol–water partition coefficient (Wildman–Crippen LogP) is 6.56. The van der Waals surface area contributed by atoms with E-state index in [9.17, 15) is 13.2 Å². The Morgan fingerprint density at radius 1 is 0.821 bits per heavy atom. The number of hydrazone groups is 1. The first-order valence-corrected chi connectivity index (χ1v) is 8.62. The number of ether oxygens (including phenoxy) is 1. The molecule has 0 heterocycles. The predicted molar refractivity (Wildman–Crippen MR) is 105 cm³/mol. The van der Waals surface area contributed by atoms with Gasteiger partial charge in [-0.2, -0.15) is 18.3 Å². The van der Waals surface area contributed by atoms with Gasteiger partial charge in [-0.25, -0.2) is 0 Å². The summed E-state index contributed by atoms with van der Waals surface area (Å²) >= 11 is 0. The fourth-order valence-electron chi connectivity index (χ4n) is 2.66. The van der Waals surface area contributed by atoms with Crippen LogP contribution in [0.1, 0.15) is 22.3 Å². The second kappa shape index (κ2) is 8.17. The molecular formula is C22H19F3N2O. The summed E-state index contributed by atoms with van der Waals surface area (Å²) in [7, 11) is 0. The van der Waals surface area contributed by atoms with E-state index in [2.05, 4.69) is 16.6 Å². The number of aryl methyl sites for hydroxylation is 2. The molecule has 28 heavy (non-hydrogen) atoms. The summed E-state index contributed by atoms with van der Waals surface area (Å²) in [5, 5.41) is 4.04. The Kier molecular flexibility index (Phi) is 5.68. The summed E-state index contributed by atoms with van der Waals surface area (Å²) in [6, 6.07) is 18.1. The van der Waals surface area contributed by atoms with Crippen LogP contribution >= 0.6 is 0 Å². The van der Waals surface area contributed by atoms with Crippen molar-refractivity contribution in [3.63, 3.8) is 0 Å². The van der Waals surface area contributed by atoms with Gasteiger partial charge in [0.05, 0.1) is 17.5 Å². The van der Waals surface area contributed by atoms with Crippen molar-refractivity contribution >= 4 is 11.9 Å². The first-order chi connectivity index (χ1) is 13.3. The Bertz CT molecular complexity index is 942. The van der Waals surface area contributed by atoms with Crippen molar-refractivity contribution in [2.75, 3.05) is 5.43 Å². The van der Waals surface area contributed by atoms with Gasteiger partial charge >= 0.3 is 6.18 Å². The molecule has 0 aliphatic heterocycles. The maximum atomic E-state index is 12.5. The zero-order valence-corrected chi connectivity index (χ0v) is 15.4. The van der Waals surface area contributed by atoms with Crippen molar-refractivity contribution < 1.29 is 17.9 Å². The number of anilines is 1. The molecule has 0 saturated heterocycles. The molecule has 0 fully saturated rings. The van der Waals surface area contributed by atoms with Crippen LogP contribution in [0.3, 0.4) is 0 Å². The van der Waals surface area contributed by atoms with Crippen LogP contribution in [-0.4, -0.2) is 6.21 Å². The zero-order valence-electron chi connectivity index (χ0n) is 15.4. The van der Waals surface area contributed by atoms with Crippen LogP contribution in [0, 0.1) is 13.8 Å². The van der Waals surface area contributed by atoms with E-state index in [1.54, 1.807) is 6.21 Å². The number of hydrogen-bond acceptors (Lipinski definition) is 3. The van der Waals surface area contributed by atoms with Crippen molar-refractivity contribution in [1.29, 1.82) is 0 Å². The van der Waals surface area contributed by atoms with Gasteiger partial charge in [0.2, 0.25) is 0 Å². The van der Waals surface area contributed by atoms with E-state index in [4.69, 9.17) is 4.74 Å². The van der Waals surface area contributed by atoms with Gasteiger partial charge in [-0.3, -0.25) is 5.43 Å². The Morgan fingerprint density at radius 3 is 2.00 bits per heavy atom. The summed E-state index contributed by atoms with van der Waals surface area (Å²) < 4.78 is 43.5. The van der Waals surface area contributed by atoms with E-state index < -0.39 is 11.7 Å². The van der Waals surface area contributed by atoms with E-state index in [-0.39, 0.29) is 0 Å². The molecule has 3 nitrogen and oxygen atoms in total. The molecule has 0 aliphatic carbocycles. The molecule has 0 aromatic heterocycles. The average Bonchev–Trinajstić information content (AvgIpc) is 2.62. The van der Waals surface area contributed by atoms with Gasteiger partial charge in [-0.15, -0.1) is 0 Å². The molecule has 6 heteroatoms. The fraction of sp³-hybridized carbons (Fsp3) is 0.136. The molecule has 3 aromatic rings. The molecule has 3 aromatic carbocycles. The highest BCUT2D eigenvalue weighted by Gasteiger charge is 2.29. The molecule has 0 spiro atoms. The third kappa shape index (κ3) is 5.36. The smallest absolute Gasteiger partial charge is 0.416 e.